The molecule has 194 valence electrons. The van der Waals surface area contributed by atoms with E-state index in [0.29, 0.717) is 23.5 Å². The number of ether oxygens (including phenoxy) is 3. The summed E-state index contributed by atoms with van der Waals surface area (Å²) in [4.78, 5) is 28.1. The third-order valence-electron chi connectivity index (χ3n) is 6.99. The number of methoxy groups -OCH3 is 2. The molecule has 0 radical (unpaired) electrons. The van der Waals surface area contributed by atoms with Crippen molar-refractivity contribution in [1.82, 2.24) is 14.7 Å². The lowest BCUT2D eigenvalue weighted by atomic mass is 9.91. The predicted octanol–water partition coefficient (Wildman–Crippen LogP) is 5.12. The lowest BCUT2D eigenvalue weighted by Crippen LogP contribution is -2.44. The van der Waals surface area contributed by atoms with Crippen LogP contribution in [-0.2, 0) is 17.6 Å². The maximum Gasteiger partial charge on any atom is 0.434 e. The van der Waals surface area contributed by atoms with Crippen molar-refractivity contribution in [2.24, 2.45) is 0 Å². The third-order valence-corrected chi connectivity index (χ3v) is 6.99. The van der Waals surface area contributed by atoms with Gasteiger partial charge in [0.1, 0.15) is 11.5 Å². The Bertz CT molecular complexity index is 1270. The van der Waals surface area contributed by atoms with Gasteiger partial charge in [0, 0.05) is 23.8 Å². The van der Waals surface area contributed by atoms with Gasteiger partial charge in [0.2, 0.25) is 0 Å². The van der Waals surface area contributed by atoms with Crippen LogP contribution in [0.25, 0.3) is 11.1 Å². The quantitative estimate of drug-likeness (QED) is 0.445. The van der Waals surface area contributed by atoms with Crippen molar-refractivity contribution in [3.8, 4) is 22.6 Å². The molecule has 1 atom stereocenters. The van der Waals surface area contributed by atoms with E-state index < -0.39 is 6.09 Å². The maximum atomic E-state index is 13.7. The first-order valence-corrected chi connectivity index (χ1v) is 12.8. The summed E-state index contributed by atoms with van der Waals surface area (Å²) in [6, 6.07) is 13.7. The second kappa shape index (κ2) is 10.3. The van der Waals surface area contributed by atoms with Crippen LogP contribution in [-0.4, -0.2) is 59.1 Å². The number of aryl methyl sites for hydroxylation is 1. The van der Waals surface area contributed by atoms with E-state index in [1.54, 1.807) is 20.4 Å². The number of aromatic nitrogens is 2. The Balaban J connectivity index is 1.36. The maximum absolute atomic E-state index is 13.7. The fourth-order valence-electron chi connectivity index (χ4n) is 5.12. The molecule has 37 heavy (non-hydrogen) atoms. The van der Waals surface area contributed by atoms with Gasteiger partial charge in [-0.2, -0.15) is 9.78 Å². The molecule has 8 nitrogen and oxygen atoms in total. The van der Waals surface area contributed by atoms with Crippen LogP contribution in [0, 0.1) is 0 Å². The predicted molar refractivity (Wildman–Crippen MR) is 139 cm³/mol. The highest BCUT2D eigenvalue weighted by atomic mass is 16.6. The molecule has 0 spiro atoms. The first kappa shape index (κ1) is 24.9. The molecule has 5 rings (SSSR count). The summed E-state index contributed by atoms with van der Waals surface area (Å²) in [5.74, 6) is 1.48. The number of fused-ring (bicyclic) bond motifs is 1. The molecule has 3 aromatic rings. The van der Waals surface area contributed by atoms with Gasteiger partial charge >= 0.3 is 6.09 Å². The summed E-state index contributed by atoms with van der Waals surface area (Å²) in [5, 5.41) is 4.45. The third kappa shape index (κ3) is 5.05. The first-order chi connectivity index (χ1) is 17.9. The average molecular weight is 504 g/mol. The SMILES string of the molecule is COc1cccc(OC)c1-c1ccc(C(=O)N(C2CC2)C2CCc3nn(C(=O)OC(C)C)cc3C2)cc1. The standard InChI is InChI=1S/C29H33N3O5/c1-18(2)37-29(34)31-17-21-16-23(14-15-24(21)30-31)32(22-12-13-22)28(33)20-10-8-19(9-11-20)27-25(35-3)6-5-7-26(27)36-4/h5-11,17-18,22-23H,12-16H2,1-4H3. The fraction of sp³-hybridized carbons (Fsp3) is 0.414. The van der Waals surface area contributed by atoms with Gasteiger partial charge in [-0.15, -0.1) is 0 Å². The Morgan fingerprint density at radius 2 is 1.65 bits per heavy atom. The number of amides is 1. The van der Waals surface area contributed by atoms with Gasteiger partial charge in [-0.3, -0.25) is 4.79 Å². The molecule has 1 saturated carbocycles. The van der Waals surface area contributed by atoms with Gasteiger partial charge in [0.25, 0.3) is 5.91 Å². The molecule has 2 aromatic carbocycles. The van der Waals surface area contributed by atoms with Gasteiger partial charge in [0.05, 0.1) is 31.6 Å². The molecule has 8 heteroatoms. The minimum atomic E-state index is -0.470. The Kier molecular flexibility index (Phi) is 6.91. The average Bonchev–Trinajstić information content (AvgIpc) is 3.64. The van der Waals surface area contributed by atoms with Crippen molar-refractivity contribution in [2.45, 2.75) is 64.1 Å². The monoisotopic (exact) mass is 503 g/mol. The van der Waals surface area contributed by atoms with Gasteiger partial charge in [-0.05, 0) is 81.3 Å². The van der Waals surface area contributed by atoms with Crippen molar-refractivity contribution in [3.05, 3.63) is 65.5 Å². The van der Waals surface area contributed by atoms with Crippen molar-refractivity contribution < 1.29 is 23.8 Å². The normalized spacial score (nSPS) is 16.7. The summed E-state index contributed by atoms with van der Waals surface area (Å²) in [7, 11) is 3.27. The van der Waals surface area contributed by atoms with E-state index >= 15 is 0 Å². The minimum Gasteiger partial charge on any atom is -0.496 e. The minimum absolute atomic E-state index is 0.0427. The highest BCUT2D eigenvalue weighted by Gasteiger charge is 2.39. The van der Waals surface area contributed by atoms with E-state index in [1.165, 1.54) is 4.68 Å². The van der Waals surface area contributed by atoms with Gasteiger partial charge < -0.3 is 19.1 Å². The van der Waals surface area contributed by atoms with E-state index in [-0.39, 0.29) is 24.1 Å². The van der Waals surface area contributed by atoms with Crippen LogP contribution in [0.1, 0.15) is 54.7 Å². The molecular formula is C29H33N3O5. The zero-order valence-electron chi connectivity index (χ0n) is 21.8. The molecule has 1 fully saturated rings. The Hall–Kier alpha value is -3.81. The van der Waals surface area contributed by atoms with E-state index in [2.05, 4.69) is 10.00 Å². The van der Waals surface area contributed by atoms with Crippen molar-refractivity contribution >= 4 is 12.0 Å². The highest BCUT2D eigenvalue weighted by Crippen LogP contribution is 2.39. The number of hydrogen-bond acceptors (Lipinski definition) is 6. The molecule has 1 unspecified atom stereocenters. The van der Waals surface area contributed by atoms with E-state index in [0.717, 1.165) is 48.1 Å². The molecular weight excluding hydrogens is 470 g/mol. The number of benzene rings is 2. The number of carbonyl (C=O) groups excluding carboxylic acids is 2. The molecule has 1 aromatic heterocycles. The van der Waals surface area contributed by atoms with Crippen LogP contribution in [0.3, 0.4) is 0 Å². The van der Waals surface area contributed by atoms with Crippen LogP contribution >= 0.6 is 0 Å². The molecule has 1 heterocycles. The lowest BCUT2D eigenvalue weighted by molar-refractivity contribution is 0.0642. The number of carbonyl (C=O) groups is 2. The summed E-state index contributed by atoms with van der Waals surface area (Å²) in [5.41, 5.74) is 4.36. The van der Waals surface area contributed by atoms with Crippen LogP contribution in [0.2, 0.25) is 0 Å². The Morgan fingerprint density at radius 3 is 2.24 bits per heavy atom. The first-order valence-electron chi connectivity index (χ1n) is 12.8. The van der Waals surface area contributed by atoms with E-state index in [4.69, 9.17) is 14.2 Å². The number of nitrogens with zero attached hydrogens (tertiary/aromatic N) is 3. The summed E-state index contributed by atoms with van der Waals surface area (Å²) in [6.45, 7) is 3.63. The smallest absolute Gasteiger partial charge is 0.434 e. The molecule has 0 N–H and O–H groups in total. The Morgan fingerprint density at radius 1 is 0.973 bits per heavy atom. The summed E-state index contributed by atoms with van der Waals surface area (Å²) in [6.07, 6.45) is 5.35. The second-order valence-electron chi connectivity index (χ2n) is 9.93. The zero-order chi connectivity index (χ0) is 26.1. The van der Waals surface area contributed by atoms with Crippen LogP contribution < -0.4 is 9.47 Å². The van der Waals surface area contributed by atoms with Gasteiger partial charge in [-0.25, -0.2) is 4.79 Å². The number of rotatable bonds is 7. The van der Waals surface area contributed by atoms with Crippen molar-refractivity contribution in [3.63, 3.8) is 0 Å². The van der Waals surface area contributed by atoms with Gasteiger partial charge in [-0.1, -0.05) is 18.2 Å². The topological polar surface area (TPSA) is 82.9 Å². The molecule has 1 amide bonds. The summed E-state index contributed by atoms with van der Waals surface area (Å²) >= 11 is 0. The summed E-state index contributed by atoms with van der Waals surface area (Å²) < 4.78 is 17.7. The second-order valence-corrected chi connectivity index (χ2v) is 9.93. The lowest BCUT2D eigenvalue weighted by Gasteiger charge is -2.34. The molecule has 0 saturated heterocycles. The van der Waals surface area contributed by atoms with Gasteiger partial charge in [0.15, 0.2) is 0 Å². The van der Waals surface area contributed by atoms with Crippen LogP contribution in [0.4, 0.5) is 4.79 Å². The van der Waals surface area contributed by atoms with Crippen LogP contribution in [0.5, 0.6) is 11.5 Å². The molecule has 0 aliphatic heterocycles. The highest BCUT2D eigenvalue weighted by molar-refractivity contribution is 5.95. The van der Waals surface area contributed by atoms with Crippen molar-refractivity contribution in [2.75, 3.05) is 14.2 Å². The largest absolute Gasteiger partial charge is 0.496 e. The zero-order valence-corrected chi connectivity index (χ0v) is 21.8. The van der Waals surface area contributed by atoms with Crippen LogP contribution in [0.15, 0.2) is 48.7 Å². The molecule has 2 aliphatic carbocycles. The fourth-order valence-corrected chi connectivity index (χ4v) is 5.12. The Labute approximate surface area is 217 Å². The van der Waals surface area contributed by atoms with E-state index in [9.17, 15) is 9.59 Å². The molecule has 0 bridgehead atoms. The van der Waals surface area contributed by atoms with E-state index in [1.807, 2.05) is 56.3 Å². The van der Waals surface area contributed by atoms with Crippen molar-refractivity contribution in [1.29, 1.82) is 0 Å². The number of hydrogen-bond donors (Lipinski definition) is 0. The molecule has 2 aliphatic rings.